The van der Waals surface area contributed by atoms with Crippen LogP contribution in [-0.4, -0.2) is 28.9 Å². The highest BCUT2D eigenvalue weighted by atomic mass is 19.1. The molecule has 6 heteroatoms. The van der Waals surface area contributed by atoms with Crippen LogP contribution in [0.4, 0.5) is 4.39 Å². The number of oxazole rings is 1. The molecule has 1 atom stereocenters. The number of carbonyl (C=O) groups excluding carboxylic acids is 1. The summed E-state index contributed by atoms with van der Waals surface area (Å²) in [6, 6.07) is 14.2. The lowest BCUT2D eigenvalue weighted by molar-refractivity contribution is -0.121. The van der Waals surface area contributed by atoms with Crippen molar-refractivity contribution in [1.82, 2.24) is 15.2 Å². The summed E-state index contributed by atoms with van der Waals surface area (Å²) in [6.45, 7) is 1.74. The van der Waals surface area contributed by atoms with Crippen molar-refractivity contribution in [2.75, 3.05) is 13.1 Å². The second-order valence-electron chi connectivity index (χ2n) is 6.17. The molecule has 1 unspecified atom stereocenters. The fraction of sp³-hybridized carbons (Fsp3) is 0.263. The Bertz CT molecular complexity index is 894. The molecule has 4 rings (SSSR count). The number of carbonyl (C=O) groups is 1. The van der Waals surface area contributed by atoms with Crippen LogP contribution in [0.5, 0.6) is 0 Å². The van der Waals surface area contributed by atoms with Gasteiger partial charge in [0.1, 0.15) is 11.3 Å². The van der Waals surface area contributed by atoms with Crippen LogP contribution in [0.25, 0.3) is 11.1 Å². The van der Waals surface area contributed by atoms with Crippen LogP contribution in [-0.2, 0) is 11.3 Å². The molecule has 0 aliphatic carbocycles. The minimum atomic E-state index is -0.334. The molecule has 0 saturated carbocycles. The van der Waals surface area contributed by atoms with E-state index < -0.39 is 0 Å². The maximum atomic E-state index is 13.3. The number of nitrogens with one attached hydrogen (secondary N) is 1. The van der Waals surface area contributed by atoms with E-state index in [0.717, 1.165) is 5.56 Å². The van der Waals surface area contributed by atoms with Crippen LogP contribution in [0.1, 0.15) is 23.9 Å². The van der Waals surface area contributed by atoms with Crippen LogP contribution in [0.15, 0.2) is 52.9 Å². The minimum absolute atomic E-state index is 0.0380. The van der Waals surface area contributed by atoms with Crippen molar-refractivity contribution in [2.45, 2.75) is 19.0 Å². The monoisotopic (exact) mass is 339 g/mol. The van der Waals surface area contributed by atoms with Crippen molar-refractivity contribution in [1.29, 1.82) is 0 Å². The maximum Gasteiger partial charge on any atom is 0.221 e. The third-order valence-corrected chi connectivity index (χ3v) is 4.46. The van der Waals surface area contributed by atoms with Gasteiger partial charge < -0.3 is 9.73 Å². The topological polar surface area (TPSA) is 58.4 Å². The number of aromatic nitrogens is 1. The standard InChI is InChI=1S/C19H18FN3O2/c20-14-6-7-17-15(10-14)22-19(25-17)12-23-9-8-21-18(24)11-16(23)13-4-2-1-3-5-13/h1-7,10,16H,8-9,11-12H2,(H,21,24). The molecule has 3 aromatic rings. The van der Waals surface area contributed by atoms with Gasteiger partial charge >= 0.3 is 0 Å². The van der Waals surface area contributed by atoms with Gasteiger partial charge in [-0.2, -0.15) is 0 Å². The summed E-state index contributed by atoms with van der Waals surface area (Å²) in [6.07, 6.45) is 0.388. The lowest BCUT2D eigenvalue weighted by Crippen LogP contribution is -2.30. The van der Waals surface area contributed by atoms with Gasteiger partial charge in [-0.15, -0.1) is 0 Å². The molecule has 25 heavy (non-hydrogen) atoms. The van der Waals surface area contributed by atoms with Crippen molar-refractivity contribution in [3.63, 3.8) is 0 Å². The number of hydrogen-bond acceptors (Lipinski definition) is 4. The minimum Gasteiger partial charge on any atom is -0.439 e. The Morgan fingerprint density at radius 1 is 1.24 bits per heavy atom. The van der Waals surface area contributed by atoms with Gasteiger partial charge in [0.2, 0.25) is 11.8 Å². The predicted molar refractivity (Wildman–Crippen MR) is 91.2 cm³/mol. The zero-order valence-electron chi connectivity index (χ0n) is 13.6. The molecule has 0 radical (unpaired) electrons. The average molecular weight is 339 g/mol. The van der Waals surface area contributed by atoms with Crippen molar-refractivity contribution < 1.29 is 13.6 Å². The van der Waals surface area contributed by atoms with Crippen LogP contribution >= 0.6 is 0 Å². The molecule has 1 amide bonds. The van der Waals surface area contributed by atoms with Crippen molar-refractivity contribution in [2.24, 2.45) is 0 Å². The molecular formula is C19H18FN3O2. The first-order valence-electron chi connectivity index (χ1n) is 8.30. The second-order valence-corrected chi connectivity index (χ2v) is 6.17. The molecular weight excluding hydrogens is 321 g/mol. The molecule has 0 spiro atoms. The average Bonchev–Trinajstić information content (AvgIpc) is 2.91. The van der Waals surface area contributed by atoms with E-state index in [1.165, 1.54) is 12.1 Å². The van der Waals surface area contributed by atoms with Crippen molar-refractivity contribution in [3.8, 4) is 0 Å². The number of nitrogens with zero attached hydrogens (tertiary/aromatic N) is 2. The van der Waals surface area contributed by atoms with E-state index in [4.69, 9.17) is 4.42 Å². The quantitative estimate of drug-likeness (QED) is 0.797. The molecule has 1 aromatic heterocycles. The third kappa shape index (κ3) is 3.39. The van der Waals surface area contributed by atoms with E-state index in [2.05, 4.69) is 15.2 Å². The van der Waals surface area contributed by atoms with Gasteiger partial charge in [0.25, 0.3) is 0 Å². The second kappa shape index (κ2) is 6.64. The van der Waals surface area contributed by atoms with E-state index >= 15 is 0 Å². The maximum absolute atomic E-state index is 13.3. The number of halogens is 1. The summed E-state index contributed by atoms with van der Waals surface area (Å²) in [4.78, 5) is 18.6. The van der Waals surface area contributed by atoms with Crippen LogP contribution < -0.4 is 5.32 Å². The smallest absolute Gasteiger partial charge is 0.221 e. The summed E-state index contributed by atoms with van der Waals surface area (Å²) in [5, 5.41) is 2.91. The molecule has 1 fully saturated rings. The lowest BCUT2D eigenvalue weighted by Gasteiger charge is -2.28. The largest absolute Gasteiger partial charge is 0.439 e. The Hall–Kier alpha value is -2.73. The summed E-state index contributed by atoms with van der Waals surface area (Å²) in [5.41, 5.74) is 2.16. The number of fused-ring (bicyclic) bond motifs is 1. The van der Waals surface area contributed by atoms with Gasteiger partial charge in [0, 0.05) is 31.6 Å². The molecule has 5 nitrogen and oxygen atoms in total. The first-order valence-corrected chi connectivity index (χ1v) is 8.30. The lowest BCUT2D eigenvalue weighted by atomic mass is 10.0. The first-order chi connectivity index (χ1) is 12.2. The SMILES string of the molecule is O=C1CC(c2ccccc2)N(Cc2nc3cc(F)ccc3o2)CCN1. The van der Waals surface area contributed by atoms with Crippen LogP contribution in [0, 0.1) is 5.82 Å². The molecule has 1 saturated heterocycles. The predicted octanol–water partition coefficient (Wildman–Crippen LogP) is 3.03. The number of hydrogen-bond donors (Lipinski definition) is 1. The molecule has 1 N–H and O–H groups in total. The Kier molecular flexibility index (Phi) is 4.19. The first kappa shape index (κ1) is 15.8. The highest BCUT2D eigenvalue weighted by Crippen LogP contribution is 2.28. The summed E-state index contributed by atoms with van der Waals surface area (Å²) < 4.78 is 19.1. The van der Waals surface area contributed by atoms with Gasteiger partial charge in [-0.3, -0.25) is 9.69 Å². The molecule has 2 aromatic carbocycles. The van der Waals surface area contributed by atoms with E-state index in [-0.39, 0.29) is 17.8 Å². The van der Waals surface area contributed by atoms with Crippen LogP contribution in [0.3, 0.4) is 0 Å². The fourth-order valence-corrected chi connectivity index (χ4v) is 3.25. The number of amides is 1. The van der Waals surface area contributed by atoms with E-state index in [1.54, 1.807) is 6.07 Å². The van der Waals surface area contributed by atoms with Gasteiger partial charge in [0.15, 0.2) is 5.58 Å². The molecule has 1 aliphatic rings. The Labute approximate surface area is 144 Å². The van der Waals surface area contributed by atoms with Gasteiger partial charge in [-0.05, 0) is 17.7 Å². The zero-order valence-corrected chi connectivity index (χ0v) is 13.6. The third-order valence-electron chi connectivity index (χ3n) is 4.46. The molecule has 0 bridgehead atoms. The molecule has 2 heterocycles. The number of rotatable bonds is 3. The Balaban J connectivity index is 1.63. The normalized spacial score (nSPS) is 18.9. The summed E-state index contributed by atoms with van der Waals surface area (Å²) in [5.74, 6) is 0.228. The highest BCUT2D eigenvalue weighted by molar-refractivity contribution is 5.77. The zero-order chi connectivity index (χ0) is 17.2. The van der Waals surface area contributed by atoms with E-state index in [1.807, 2.05) is 30.3 Å². The van der Waals surface area contributed by atoms with Gasteiger partial charge in [0.05, 0.1) is 6.54 Å². The van der Waals surface area contributed by atoms with Crippen molar-refractivity contribution in [3.05, 3.63) is 65.8 Å². The fourth-order valence-electron chi connectivity index (χ4n) is 3.25. The van der Waals surface area contributed by atoms with E-state index in [9.17, 15) is 9.18 Å². The summed E-state index contributed by atoms with van der Waals surface area (Å²) in [7, 11) is 0. The molecule has 128 valence electrons. The molecule has 1 aliphatic heterocycles. The summed E-state index contributed by atoms with van der Waals surface area (Å²) >= 11 is 0. The van der Waals surface area contributed by atoms with Gasteiger partial charge in [-0.1, -0.05) is 30.3 Å². The number of benzene rings is 2. The Morgan fingerprint density at radius 2 is 2.08 bits per heavy atom. The Morgan fingerprint density at radius 3 is 2.92 bits per heavy atom. The van der Waals surface area contributed by atoms with Crippen LogP contribution in [0.2, 0.25) is 0 Å². The van der Waals surface area contributed by atoms with E-state index in [0.29, 0.717) is 43.0 Å². The highest BCUT2D eigenvalue weighted by Gasteiger charge is 2.27. The van der Waals surface area contributed by atoms with Crippen molar-refractivity contribution >= 4 is 17.0 Å². The van der Waals surface area contributed by atoms with Gasteiger partial charge in [-0.25, -0.2) is 9.37 Å².